The van der Waals surface area contributed by atoms with Crippen LogP contribution >= 0.6 is 11.3 Å². The molecule has 2 aliphatic heterocycles. The molecule has 3 rings (SSSR count). The number of rotatable bonds is 3. The summed E-state index contributed by atoms with van der Waals surface area (Å²) in [4.78, 5) is 25.5. The summed E-state index contributed by atoms with van der Waals surface area (Å²) in [6, 6.07) is 2.56. The maximum absolute atomic E-state index is 12.6. The number of nitrogens with zero attached hydrogens (tertiary/aromatic N) is 2. The predicted molar refractivity (Wildman–Crippen MR) is 85.3 cm³/mol. The number of hydrogen-bond donors (Lipinski definition) is 1. The number of thiophene rings is 1. The highest BCUT2D eigenvalue weighted by Crippen LogP contribution is 2.38. The van der Waals surface area contributed by atoms with Crippen LogP contribution in [-0.2, 0) is 19.6 Å². The first-order valence-electron chi connectivity index (χ1n) is 7.40. The molecule has 2 aliphatic rings. The van der Waals surface area contributed by atoms with Crippen LogP contribution in [0.5, 0.6) is 0 Å². The molecule has 0 saturated carbocycles. The molecule has 1 aromatic heterocycles. The van der Waals surface area contributed by atoms with Crippen molar-refractivity contribution in [2.75, 3.05) is 20.1 Å². The summed E-state index contributed by atoms with van der Waals surface area (Å²) in [5, 5.41) is 4.31. The van der Waals surface area contributed by atoms with E-state index in [2.05, 4.69) is 5.32 Å². The Morgan fingerprint density at radius 2 is 2.09 bits per heavy atom. The van der Waals surface area contributed by atoms with Crippen LogP contribution in [0, 0.1) is 5.92 Å². The van der Waals surface area contributed by atoms with Crippen LogP contribution in [0.1, 0.15) is 13.3 Å². The van der Waals surface area contributed by atoms with Crippen molar-refractivity contribution in [2.24, 2.45) is 5.92 Å². The summed E-state index contributed by atoms with van der Waals surface area (Å²) in [5.41, 5.74) is 0. The quantitative estimate of drug-likeness (QED) is 0.831. The minimum Gasteiger partial charge on any atom is -0.357 e. The van der Waals surface area contributed by atoms with Crippen LogP contribution in [0.3, 0.4) is 0 Å². The first-order valence-corrected chi connectivity index (χ1v) is 9.72. The minimum atomic E-state index is -3.52. The van der Waals surface area contributed by atoms with Gasteiger partial charge in [-0.3, -0.25) is 9.59 Å². The van der Waals surface area contributed by atoms with E-state index in [9.17, 15) is 18.0 Å². The van der Waals surface area contributed by atoms with Gasteiger partial charge < -0.3 is 10.2 Å². The molecule has 23 heavy (non-hydrogen) atoms. The summed E-state index contributed by atoms with van der Waals surface area (Å²) >= 11 is 1.19. The zero-order valence-electron chi connectivity index (χ0n) is 12.9. The lowest BCUT2D eigenvalue weighted by Gasteiger charge is -2.28. The van der Waals surface area contributed by atoms with Crippen molar-refractivity contribution >= 4 is 33.2 Å². The standard InChI is InChI=1S/C14H19N3O4S2/c1-9(18)17-11(14(19)15-2)6-10-7-16(8-12(10)17)23(20,21)13-4-3-5-22-13/h3-5,10-12H,6-8H2,1-2H3,(H,15,19)/t10-,11-,12+/m1/s1. The Hall–Kier alpha value is -1.45. The molecule has 1 N–H and O–H groups in total. The van der Waals surface area contributed by atoms with Crippen molar-refractivity contribution in [3.8, 4) is 0 Å². The number of amides is 2. The van der Waals surface area contributed by atoms with Crippen LogP contribution in [0.15, 0.2) is 21.7 Å². The molecule has 0 bridgehead atoms. The molecule has 9 heteroatoms. The van der Waals surface area contributed by atoms with Gasteiger partial charge in [-0.15, -0.1) is 11.3 Å². The van der Waals surface area contributed by atoms with Crippen molar-refractivity contribution in [2.45, 2.75) is 29.6 Å². The molecule has 3 atom stereocenters. The molecule has 2 amide bonds. The second kappa shape index (κ2) is 5.88. The average molecular weight is 357 g/mol. The van der Waals surface area contributed by atoms with Gasteiger partial charge >= 0.3 is 0 Å². The Morgan fingerprint density at radius 3 is 2.65 bits per heavy atom. The van der Waals surface area contributed by atoms with E-state index in [-0.39, 0.29) is 30.3 Å². The third-order valence-corrected chi connectivity index (χ3v) is 7.80. The topological polar surface area (TPSA) is 86.8 Å². The van der Waals surface area contributed by atoms with Gasteiger partial charge in [-0.25, -0.2) is 8.42 Å². The number of likely N-dealkylation sites (N-methyl/N-ethyl adjacent to an activating group) is 1. The Balaban J connectivity index is 1.83. The Labute approximate surface area is 139 Å². The molecule has 2 fully saturated rings. The van der Waals surface area contributed by atoms with Crippen molar-refractivity contribution < 1.29 is 18.0 Å². The molecule has 2 saturated heterocycles. The van der Waals surface area contributed by atoms with E-state index in [1.54, 1.807) is 29.5 Å². The molecule has 1 aromatic rings. The SMILES string of the molecule is CNC(=O)[C@H]1C[C@@H]2CN(S(=O)(=O)c3cccs3)C[C@@H]2N1C(C)=O. The van der Waals surface area contributed by atoms with Gasteiger partial charge in [0.15, 0.2) is 0 Å². The van der Waals surface area contributed by atoms with E-state index >= 15 is 0 Å². The number of carbonyl (C=O) groups excluding carboxylic acids is 2. The van der Waals surface area contributed by atoms with Gasteiger partial charge in [-0.1, -0.05) is 6.07 Å². The molecular weight excluding hydrogens is 338 g/mol. The minimum absolute atomic E-state index is 0.00376. The second-order valence-electron chi connectivity index (χ2n) is 5.87. The first kappa shape index (κ1) is 16.4. The lowest BCUT2D eigenvalue weighted by molar-refractivity contribution is -0.138. The second-order valence-corrected chi connectivity index (χ2v) is 8.99. The smallest absolute Gasteiger partial charge is 0.252 e. The van der Waals surface area contributed by atoms with Crippen LogP contribution in [0.2, 0.25) is 0 Å². The Bertz CT molecular complexity index is 716. The maximum Gasteiger partial charge on any atom is 0.252 e. The molecule has 0 aromatic carbocycles. The Kier molecular flexibility index (Phi) is 4.19. The summed E-state index contributed by atoms with van der Waals surface area (Å²) in [7, 11) is -1.97. The van der Waals surface area contributed by atoms with E-state index in [0.717, 1.165) is 0 Å². The number of sulfonamides is 1. The monoisotopic (exact) mass is 357 g/mol. The van der Waals surface area contributed by atoms with Crippen LogP contribution in [0.4, 0.5) is 0 Å². The molecule has 0 unspecified atom stereocenters. The van der Waals surface area contributed by atoms with E-state index in [1.807, 2.05) is 0 Å². The summed E-state index contributed by atoms with van der Waals surface area (Å²) in [6.07, 6.45) is 0.500. The summed E-state index contributed by atoms with van der Waals surface area (Å²) in [6.45, 7) is 2.02. The van der Waals surface area contributed by atoms with Crippen LogP contribution in [-0.4, -0.2) is 61.7 Å². The van der Waals surface area contributed by atoms with Gasteiger partial charge in [-0.05, 0) is 23.8 Å². The number of carbonyl (C=O) groups is 2. The van der Waals surface area contributed by atoms with Crippen LogP contribution < -0.4 is 5.32 Å². The highest BCUT2D eigenvalue weighted by molar-refractivity contribution is 7.91. The predicted octanol–water partition coefficient (Wildman–Crippen LogP) is 0.104. The highest BCUT2D eigenvalue weighted by atomic mass is 32.2. The van der Waals surface area contributed by atoms with Crippen molar-refractivity contribution in [1.82, 2.24) is 14.5 Å². The fourth-order valence-electron chi connectivity index (χ4n) is 3.58. The van der Waals surface area contributed by atoms with Crippen molar-refractivity contribution in [3.63, 3.8) is 0 Å². The zero-order valence-corrected chi connectivity index (χ0v) is 14.6. The van der Waals surface area contributed by atoms with Gasteiger partial charge in [0.25, 0.3) is 10.0 Å². The Morgan fingerprint density at radius 1 is 1.35 bits per heavy atom. The molecule has 7 nitrogen and oxygen atoms in total. The number of hydrogen-bond acceptors (Lipinski definition) is 5. The van der Waals surface area contributed by atoms with Crippen molar-refractivity contribution in [1.29, 1.82) is 0 Å². The van der Waals surface area contributed by atoms with Gasteiger partial charge in [-0.2, -0.15) is 4.31 Å². The van der Waals surface area contributed by atoms with E-state index < -0.39 is 16.1 Å². The van der Waals surface area contributed by atoms with Gasteiger partial charge in [0.05, 0.1) is 6.04 Å². The lowest BCUT2D eigenvalue weighted by atomic mass is 10.0. The molecular formula is C14H19N3O4S2. The van der Waals surface area contributed by atoms with Gasteiger partial charge in [0, 0.05) is 27.1 Å². The average Bonchev–Trinajstić information content (AvgIpc) is 3.20. The summed E-state index contributed by atoms with van der Waals surface area (Å²) < 4.78 is 27.0. The summed E-state index contributed by atoms with van der Waals surface area (Å²) in [5.74, 6) is -0.389. The lowest BCUT2D eigenvalue weighted by Crippen LogP contribution is -2.49. The molecule has 126 valence electrons. The fraction of sp³-hybridized carbons (Fsp3) is 0.571. The van der Waals surface area contributed by atoms with Crippen molar-refractivity contribution in [3.05, 3.63) is 17.5 Å². The highest BCUT2D eigenvalue weighted by Gasteiger charge is 2.52. The van der Waals surface area contributed by atoms with E-state index in [1.165, 1.54) is 22.6 Å². The van der Waals surface area contributed by atoms with E-state index in [4.69, 9.17) is 0 Å². The number of nitrogens with one attached hydrogen (secondary N) is 1. The molecule has 0 spiro atoms. The maximum atomic E-state index is 12.6. The largest absolute Gasteiger partial charge is 0.357 e. The number of likely N-dealkylation sites (tertiary alicyclic amines) is 1. The van der Waals surface area contributed by atoms with Gasteiger partial charge in [0.1, 0.15) is 10.3 Å². The van der Waals surface area contributed by atoms with E-state index in [0.29, 0.717) is 17.2 Å². The van der Waals surface area contributed by atoms with Gasteiger partial charge in [0.2, 0.25) is 11.8 Å². The zero-order chi connectivity index (χ0) is 16.8. The first-order chi connectivity index (χ1) is 10.9. The normalized spacial score (nSPS) is 27.9. The molecule has 3 heterocycles. The molecule has 0 radical (unpaired) electrons. The molecule has 0 aliphatic carbocycles. The fourth-order valence-corrected chi connectivity index (χ4v) is 6.24. The third-order valence-electron chi connectivity index (χ3n) is 4.59. The number of fused-ring (bicyclic) bond motifs is 1. The third kappa shape index (κ3) is 2.66. The van der Waals surface area contributed by atoms with Crippen LogP contribution in [0.25, 0.3) is 0 Å².